The van der Waals surface area contributed by atoms with Crippen molar-refractivity contribution in [3.63, 3.8) is 0 Å². The van der Waals surface area contributed by atoms with Crippen molar-refractivity contribution < 1.29 is 14.3 Å². The van der Waals surface area contributed by atoms with Gasteiger partial charge in [0, 0.05) is 28.2 Å². The molecule has 0 atom stereocenters. The van der Waals surface area contributed by atoms with Crippen LogP contribution in [0.2, 0.25) is 0 Å². The number of halogens is 1. The predicted molar refractivity (Wildman–Crippen MR) is 79.2 cm³/mol. The molecule has 0 amide bonds. The van der Waals surface area contributed by atoms with E-state index < -0.39 is 0 Å². The van der Waals surface area contributed by atoms with Gasteiger partial charge in [0.25, 0.3) is 0 Å². The first kappa shape index (κ1) is 15.1. The molecule has 0 saturated heterocycles. The normalized spacial score (nSPS) is 10.1. The molecule has 0 radical (unpaired) electrons. The lowest BCUT2D eigenvalue weighted by molar-refractivity contribution is 0.0497. The summed E-state index contributed by atoms with van der Waals surface area (Å²) in [5.74, 6) is -0.320. The lowest BCUT2D eigenvalue weighted by Crippen LogP contribution is -2.06. The zero-order valence-electron chi connectivity index (χ0n) is 10.4. The fraction of sp³-hybridized carbons (Fsp3) is 0.429. The van der Waals surface area contributed by atoms with Crippen molar-refractivity contribution in [3.8, 4) is 0 Å². The van der Waals surface area contributed by atoms with Crippen LogP contribution >= 0.6 is 22.6 Å². The maximum absolute atomic E-state index is 11.6. The van der Waals surface area contributed by atoms with Crippen LogP contribution in [-0.2, 0) is 4.74 Å². The van der Waals surface area contributed by atoms with E-state index in [2.05, 4.69) is 6.92 Å². The molecule has 0 aliphatic carbocycles. The van der Waals surface area contributed by atoms with E-state index in [1.165, 1.54) is 12.8 Å². The van der Waals surface area contributed by atoms with Crippen LogP contribution in [0.5, 0.6) is 0 Å². The fourth-order valence-electron chi connectivity index (χ4n) is 1.51. The van der Waals surface area contributed by atoms with Crippen molar-refractivity contribution >= 4 is 32.4 Å². The molecule has 1 aromatic rings. The molecule has 4 heteroatoms. The summed E-state index contributed by atoms with van der Waals surface area (Å²) < 4.78 is 5.11. The molecule has 1 aromatic carbocycles. The molecule has 0 N–H and O–H groups in total. The molecule has 0 aliphatic heterocycles. The van der Waals surface area contributed by atoms with Gasteiger partial charge in [0.2, 0.25) is 3.79 Å². The molecule has 0 aromatic heterocycles. The van der Waals surface area contributed by atoms with Gasteiger partial charge in [0.1, 0.15) is 0 Å². The summed E-state index contributed by atoms with van der Waals surface area (Å²) >= 11 is 1.72. The highest BCUT2D eigenvalue weighted by Gasteiger charge is 2.08. The van der Waals surface area contributed by atoms with Gasteiger partial charge in [-0.25, -0.2) is 4.79 Å². The van der Waals surface area contributed by atoms with Gasteiger partial charge in [-0.15, -0.1) is 0 Å². The molecule has 0 unspecified atom stereocenters. The summed E-state index contributed by atoms with van der Waals surface area (Å²) in [7, 11) is 0. The molecule has 0 aliphatic rings. The monoisotopic (exact) mass is 360 g/mol. The first-order chi connectivity index (χ1) is 8.65. The molecule has 0 heterocycles. The Kier molecular flexibility index (Phi) is 6.93. The third-order valence-electron chi connectivity index (χ3n) is 2.58. The lowest BCUT2D eigenvalue weighted by Gasteiger charge is -2.04. The molecule has 0 fully saturated rings. The highest BCUT2D eigenvalue weighted by Crippen LogP contribution is 2.10. The second-order valence-corrected chi connectivity index (χ2v) is 5.03. The van der Waals surface area contributed by atoms with E-state index >= 15 is 0 Å². The van der Waals surface area contributed by atoms with Crippen molar-refractivity contribution in [1.29, 1.82) is 0 Å². The topological polar surface area (TPSA) is 43.4 Å². The largest absolute Gasteiger partial charge is 0.462 e. The second kappa shape index (κ2) is 8.24. The van der Waals surface area contributed by atoms with E-state index in [4.69, 9.17) is 4.74 Å². The highest BCUT2D eigenvalue weighted by molar-refractivity contribution is 14.1. The standard InChI is InChI=1S/C14H17IO3/c1-2-3-4-5-10-18-14(17)12-8-6-11(7-9-12)13(15)16/h6-9H,2-5,10H2,1H3. The van der Waals surface area contributed by atoms with E-state index in [9.17, 15) is 9.59 Å². The van der Waals surface area contributed by atoms with Crippen LogP contribution in [0.15, 0.2) is 24.3 Å². The van der Waals surface area contributed by atoms with E-state index in [0.29, 0.717) is 17.7 Å². The van der Waals surface area contributed by atoms with Crippen LogP contribution in [0.25, 0.3) is 0 Å². The third-order valence-corrected chi connectivity index (χ3v) is 3.20. The maximum atomic E-state index is 11.6. The number of unbranched alkanes of at least 4 members (excludes halogenated alkanes) is 3. The van der Waals surface area contributed by atoms with E-state index in [-0.39, 0.29) is 9.76 Å². The Bertz CT molecular complexity index is 398. The predicted octanol–water partition coefficient (Wildman–Crippen LogP) is 4.00. The number of hydrogen-bond donors (Lipinski definition) is 0. The van der Waals surface area contributed by atoms with Crippen LogP contribution in [0.1, 0.15) is 53.3 Å². The Labute approximate surface area is 121 Å². The molecular weight excluding hydrogens is 343 g/mol. The van der Waals surface area contributed by atoms with Crippen molar-refractivity contribution in [3.05, 3.63) is 35.4 Å². The average molecular weight is 360 g/mol. The van der Waals surface area contributed by atoms with Crippen LogP contribution in [0.4, 0.5) is 0 Å². The van der Waals surface area contributed by atoms with Crippen LogP contribution in [-0.4, -0.2) is 16.4 Å². The second-order valence-electron chi connectivity index (χ2n) is 4.05. The van der Waals surface area contributed by atoms with E-state index in [1.807, 2.05) is 0 Å². The van der Waals surface area contributed by atoms with E-state index in [1.54, 1.807) is 46.9 Å². The van der Waals surface area contributed by atoms with Gasteiger partial charge in [0.15, 0.2) is 0 Å². The summed E-state index contributed by atoms with van der Waals surface area (Å²) in [5, 5.41) is 0. The summed E-state index contributed by atoms with van der Waals surface area (Å²) in [6, 6.07) is 6.53. The fourth-order valence-corrected chi connectivity index (χ4v) is 1.87. The zero-order chi connectivity index (χ0) is 13.4. The molecular formula is C14H17IO3. The van der Waals surface area contributed by atoms with Crippen LogP contribution in [0, 0.1) is 0 Å². The average Bonchev–Trinajstić information content (AvgIpc) is 2.38. The van der Waals surface area contributed by atoms with Crippen molar-refractivity contribution in [2.24, 2.45) is 0 Å². The Balaban J connectivity index is 2.39. The number of hydrogen-bond acceptors (Lipinski definition) is 3. The van der Waals surface area contributed by atoms with Crippen molar-refractivity contribution in [1.82, 2.24) is 0 Å². The Morgan fingerprint density at radius 3 is 2.22 bits per heavy atom. The smallest absolute Gasteiger partial charge is 0.338 e. The Morgan fingerprint density at radius 2 is 1.67 bits per heavy atom. The Morgan fingerprint density at radius 1 is 1.06 bits per heavy atom. The summed E-state index contributed by atoms with van der Waals surface area (Å²) in [6.45, 7) is 2.60. The van der Waals surface area contributed by atoms with Gasteiger partial charge in [0.05, 0.1) is 12.2 Å². The molecule has 0 bridgehead atoms. The van der Waals surface area contributed by atoms with Gasteiger partial charge in [-0.05, 0) is 30.7 Å². The molecule has 3 nitrogen and oxygen atoms in total. The van der Waals surface area contributed by atoms with Gasteiger partial charge in [-0.1, -0.05) is 26.2 Å². The van der Waals surface area contributed by atoms with Crippen LogP contribution in [0.3, 0.4) is 0 Å². The number of benzene rings is 1. The quantitative estimate of drug-likeness (QED) is 0.320. The summed E-state index contributed by atoms with van der Waals surface area (Å²) in [5.41, 5.74) is 1.09. The van der Waals surface area contributed by atoms with Crippen molar-refractivity contribution in [2.45, 2.75) is 32.6 Å². The number of carbonyl (C=O) groups is 2. The highest BCUT2D eigenvalue weighted by atomic mass is 127. The minimum atomic E-state index is -0.320. The van der Waals surface area contributed by atoms with Gasteiger partial charge >= 0.3 is 5.97 Å². The summed E-state index contributed by atoms with van der Waals surface area (Å²) in [4.78, 5) is 22.7. The zero-order valence-corrected chi connectivity index (χ0v) is 12.6. The minimum Gasteiger partial charge on any atom is -0.462 e. The number of rotatable bonds is 7. The van der Waals surface area contributed by atoms with Gasteiger partial charge < -0.3 is 4.74 Å². The minimum absolute atomic E-state index is 0.0351. The molecule has 98 valence electrons. The number of carbonyl (C=O) groups excluding carboxylic acids is 2. The third kappa shape index (κ3) is 5.16. The van der Waals surface area contributed by atoms with Gasteiger partial charge in [-0.2, -0.15) is 0 Å². The first-order valence-corrected chi connectivity index (χ1v) is 7.20. The molecule has 18 heavy (non-hydrogen) atoms. The van der Waals surface area contributed by atoms with Crippen LogP contribution < -0.4 is 0 Å². The number of esters is 1. The molecule has 0 spiro atoms. The maximum Gasteiger partial charge on any atom is 0.338 e. The number of ether oxygens (including phenoxy) is 1. The molecule has 1 rings (SSSR count). The van der Waals surface area contributed by atoms with E-state index in [0.717, 1.165) is 12.8 Å². The Hall–Kier alpha value is -0.910. The first-order valence-electron chi connectivity index (χ1n) is 6.12. The van der Waals surface area contributed by atoms with Crippen molar-refractivity contribution in [2.75, 3.05) is 6.61 Å². The lowest BCUT2D eigenvalue weighted by atomic mass is 10.1. The SMILES string of the molecule is CCCCCCOC(=O)c1ccc(C(=O)I)cc1. The van der Waals surface area contributed by atoms with Gasteiger partial charge in [-0.3, -0.25) is 4.79 Å². The molecule has 0 saturated carbocycles. The summed E-state index contributed by atoms with van der Waals surface area (Å²) in [6.07, 6.45) is 4.33.